The van der Waals surface area contributed by atoms with Crippen LogP contribution in [0.15, 0.2) is 30.3 Å². The number of nitrogens with zero attached hydrogens (tertiary/aromatic N) is 2. The summed E-state index contributed by atoms with van der Waals surface area (Å²) in [7, 11) is 1.85. The molecule has 0 bridgehead atoms. The molecule has 0 fully saturated rings. The summed E-state index contributed by atoms with van der Waals surface area (Å²) in [6, 6.07) is 9.85. The molecule has 0 unspecified atom stereocenters. The second-order valence-corrected chi connectivity index (χ2v) is 3.89. The first-order valence-corrected chi connectivity index (χ1v) is 5.99. The Hall–Kier alpha value is -2.10. The normalized spacial score (nSPS) is 10.2. The molecule has 0 atom stereocenters. The lowest BCUT2D eigenvalue weighted by molar-refractivity contribution is 0.340. The quantitative estimate of drug-likeness (QED) is 0.897. The third-order valence-corrected chi connectivity index (χ3v) is 2.56. The minimum atomic E-state index is 0.676. The Morgan fingerprint density at radius 3 is 2.50 bits per heavy atom. The predicted octanol–water partition coefficient (Wildman–Crippen LogP) is 2.89. The number of benzene rings is 1. The molecule has 0 aliphatic rings. The van der Waals surface area contributed by atoms with Gasteiger partial charge < -0.3 is 10.1 Å². The molecular formula is C14H17N3O. The topological polar surface area (TPSA) is 47.0 Å². The fourth-order valence-corrected chi connectivity index (χ4v) is 1.73. The maximum absolute atomic E-state index is 5.42. The van der Waals surface area contributed by atoms with Crippen molar-refractivity contribution in [1.82, 2.24) is 9.97 Å². The molecule has 1 aromatic heterocycles. The van der Waals surface area contributed by atoms with Crippen LogP contribution in [0.5, 0.6) is 5.75 Å². The van der Waals surface area contributed by atoms with Crippen LogP contribution in [-0.2, 0) is 0 Å². The van der Waals surface area contributed by atoms with E-state index in [1.165, 1.54) is 0 Å². The van der Waals surface area contributed by atoms with E-state index in [1.54, 1.807) is 0 Å². The largest absolute Gasteiger partial charge is 0.494 e. The fourth-order valence-electron chi connectivity index (χ4n) is 1.73. The van der Waals surface area contributed by atoms with E-state index in [0.29, 0.717) is 6.61 Å². The van der Waals surface area contributed by atoms with E-state index >= 15 is 0 Å². The highest BCUT2D eigenvalue weighted by atomic mass is 16.5. The third kappa shape index (κ3) is 2.77. The van der Waals surface area contributed by atoms with Crippen LogP contribution in [0.25, 0.3) is 11.3 Å². The van der Waals surface area contributed by atoms with Gasteiger partial charge in [-0.05, 0) is 38.1 Å². The molecule has 18 heavy (non-hydrogen) atoms. The molecule has 2 rings (SSSR count). The Morgan fingerprint density at radius 1 is 1.17 bits per heavy atom. The Labute approximate surface area is 107 Å². The zero-order chi connectivity index (χ0) is 13.0. The van der Waals surface area contributed by atoms with Gasteiger partial charge in [-0.15, -0.1) is 0 Å². The van der Waals surface area contributed by atoms with E-state index in [0.717, 1.165) is 28.6 Å². The van der Waals surface area contributed by atoms with E-state index in [1.807, 2.05) is 51.2 Å². The Bertz CT molecular complexity index is 523. The zero-order valence-electron chi connectivity index (χ0n) is 10.9. The van der Waals surface area contributed by atoms with Crippen molar-refractivity contribution < 1.29 is 4.74 Å². The van der Waals surface area contributed by atoms with Crippen molar-refractivity contribution in [3.63, 3.8) is 0 Å². The second kappa shape index (κ2) is 5.49. The molecule has 2 aromatic rings. The van der Waals surface area contributed by atoms with Gasteiger partial charge in [0.15, 0.2) is 0 Å². The Morgan fingerprint density at radius 2 is 1.89 bits per heavy atom. The van der Waals surface area contributed by atoms with Gasteiger partial charge in [0.1, 0.15) is 17.4 Å². The Balaban J connectivity index is 2.33. The second-order valence-electron chi connectivity index (χ2n) is 3.89. The number of nitrogens with one attached hydrogen (secondary N) is 1. The van der Waals surface area contributed by atoms with Gasteiger partial charge in [0.25, 0.3) is 0 Å². The van der Waals surface area contributed by atoms with E-state index in [4.69, 9.17) is 4.74 Å². The standard InChI is InChI=1S/C14H17N3O/c1-4-18-12-7-5-11(6-8-12)13-9-14(15-3)17-10(2)16-13/h5-9H,4H2,1-3H3,(H,15,16,17). The molecule has 0 radical (unpaired) electrons. The molecule has 0 aliphatic carbocycles. The van der Waals surface area contributed by atoms with Crippen LogP contribution >= 0.6 is 0 Å². The number of ether oxygens (including phenoxy) is 1. The monoisotopic (exact) mass is 243 g/mol. The highest BCUT2D eigenvalue weighted by Crippen LogP contribution is 2.22. The van der Waals surface area contributed by atoms with Crippen molar-refractivity contribution in [2.75, 3.05) is 19.0 Å². The maximum atomic E-state index is 5.42. The third-order valence-electron chi connectivity index (χ3n) is 2.56. The highest BCUT2D eigenvalue weighted by Gasteiger charge is 2.04. The molecule has 1 aromatic carbocycles. The highest BCUT2D eigenvalue weighted by molar-refractivity contribution is 5.63. The minimum Gasteiger partial charge on any atom is -0.494 e. The molecule has 1 heterocycles. The summed E-state index contributed by atoms with van der Waals surface area (Å²) in [4.78, 5) is 8.71. The summed E-state index contributed by atoms with van der Waals surface area (Å²) in [5.41, 5.74) is 1.97. The van der Waals surface area contributed by atoms with E-state index in [9.17, 15) is 0 Å². The number of rotatable bonds is 4. The van der Waals surface area contributed by atoms with Gasteiger partial charge >= 0.3 is 0 Å². The smallest absolute Gasteiger partial charge is 0.130 e. The van der Waals surface area contributed by atoms with Crippen molar-refractivity contribution in [1.29, 1.82) is 0 Å². The van der Waals surface area contributed by atoms with Crippen LogP contribution in [0.2, 0.25) is 0 Å². The van der Waals surface area contributed by atoms with E-state index in [2.05, 4.69) is 15.3 Å². The van der Waals surface area contributed by atoms with E-state index in [-0.39, 0.29) is 0 Å². The lowest BCUT2D eigenvalue weighted by Crippen LogP contribution is -1.98. The fraction of sp³-hybridized carbons (Fsp3) is 0.286. The van der Waals surface area contributed by atoms with Gasteiger partial charge in [0.2, 0.25) is 0 Å². The lowest BCUT2D eigenvalue weighted by Gasteiger charge is -2.07. The summed E-state index contributed by atoms with van der Waals surface area (Å²) >= 11 is 0. The van der Waals surface area contributed by atoms with Crippen molar-refractivity contribution in [3.05, 3.63) is 36.2 Å². The van der Waals surface area contributed by atoms with Gasteiger partial charge in [0.05, 0.1) is 12.3 Å². The lowest BCUT2D eigenvalue weighted by atomic mass is 10.1. The van der Waals surface area contributed by atoms with Gasteiger partial charge in [-0.25, -0.2) is 9.97 Å². The SMILES string of the molecule is CCOc1ccc(-c2cc(NC)nc(C)n2)cc1. The molecular weight excluding hydrogens is 226 g/mol. The number of aryl methyl sites for hydroxylation is 1. The number of hydrogen-bond donors (Lipinski definition) is 1. The van der Waals surface area contributed by atoms with Crippen LogP contribution in [-0.4, -0.2) is 23.6 Å². The molecule has 0 saturated carbocycles. The molecule has 0 aliphatic heterocycles. The summed E-state index contributed by atoms with van der Waals surface area (Å²) < 4.78 is 5.42. The maximum Gasteiger partial charge on any atom is 0.130 e. The van der Waals surface area contributed by atoms with Crippen LogP contribution in [0.3, 0.4) is 0 Å². The van der Waals surface area contributed by atoms with Crippen LogP contribution < -0.4 is 10.1 Å². The summed E-state index contributed by atoms with van der Waals surface area (Å²) in [6.45, 7) is 4.54. The van der Waals surface area contributed by atoms with Gasteiger partial charge in [-0.3, -0.25) is 0 Å². The minimum absolute atomic E-state index is 0.676. The molecule has 0 saturated heterocycles. The molecule has 0 amide bonds. The molecule has 4 nitrogen and oxygen atoms in total. The zero-order valence-corrected chi connectivity index (χ0v) is 10.9. The molecule has 4 heteroatoms. The van der Waals surface area contributed by atoms with Gasteiger partial charge in [-0.1, -0.05) is 0 Å². The summed E-state index contributed by atoms with van der Waals surface area (Å²) in [6.07, 6.45) is 0. The van der Waals surface area contributed by atoms with Crippen molar-refractivity contribution in [2.24, 2.45) is 0 Å². The number of aromatic nitrogens is 2. The van der Waals surface area contributed by atoms with Crippen LogP contribution in [0.1, 0.15) is 12.7 Å². The molecule has 1 N–H and O–H groups in total. The van der Waals surface area contributed by atoms with Crippen LogP contribution in [0.4, 0.5) is 5.82 Å². The Kier molecular flexibility index (Phi) is 3.77. The average molecular weight is 243 g/mol. The van der Waals surface area contributed by atoms with Crippen molar-refractivity contribution in [3.8, 4) is 17.0 Å². The van der Waals surface area contributed by atoms with Gasteiger partial charge in [-0.2, -0.15) is 0 Å². The summed E-state index contributed by atoms with van der Waals surface area (Å²) in [5, 5.41) is 3.03. The summed E-state index contributed by atoms with van der Waals surface area (Å²) in [5.74, 6) is 2.46. The van der Waals surface area contributed by atoms with Crippen molar-refractivity contribution in [2.45, 2.75) is 13.8 Å². The number of anilines is 1. The van der Waals surface area contributed by atoms with Gasteiger partial charge in [0, 0.05) is 18.7 Å². The first-order valence-electron chi connectivity index (χ1n) is 5.99. The van der Waals surface area contributed by atoms with Crippen LogP contribution in [0, 0.1) is 6.92 Å². The predicted molar refractivity (Wildman–Crippen MR) is 72.9 cm³/mol. The molecule has 0 spiro atoms. The van der Waals surface area contributed by atoms with E-state index < -0.39 is 0 Å². The molecule has 94 valence electrons. The average Bonchev–Trinajstić information content (AvgIpc) is 2.39. The number of hydrogen-bond acceptors (Lipinski definition) is 4. The first-order chi connectivity index (χ1) is 8.72. The first kappa shape index (κ1) is 12.4. The van der Waals surface area contributed by atoms with Crippen molar-refractivity contribution >= 4 is 5.82 Å².